The number of hydrogen-bond acceptors (Lipinski definition) is 4. The van der Waals surface area contributed by atoms with Gasteiger partial charge in [-0.15, -0.1) is 11.3 Å². The van der Waals surface area contributed by atoms with Gasteiger partial charge >= 0.3 is 0 Å². The van der Waals surface area contributed by atoms with E-state index in [1.54, 1.807) is 4.90 Å². The van der Waals surface area contributed by atoms with Crippen molar-refractivity contribution in [2.75, 3.05) is 19.7 Å². The minimum Gasteiger partial charge on any atom is -0.492 e. The molecule has 1 saturated heterocycles. The van der Waals surface area contributed by atoms with Crippen LogP contribution in [0.5, 0.6) is 5.75 Å². The third-order valence-corrected chi connectivity index (χ3v) is 5.51. The van der Waals surface area contributed by atoms with E-state index in [-0.39, 0.29) is 17.7 Å². The maximum atomic E-state index is 13.0. The number of ether oxygens (including phenoxy) is 1. The van der Waals surface area contributed by atoms with Crippen LogP contribution >= 0.6 is 11.3 Å². The first-order chi connectivity index (χ1) is 12.1. The van der Waals surface area contributed by atoms with Crippen LogP contribution in [0.25, 0.3) is 10.4 Å². The minimum absolute atomic E-state index is 0.0819. The molecule has 2 amide bonds. The molecule has 1 fully saturated rings. The molecular formula is C19H22N2O3S. The second-order valence-corrected chi connectivity index (χ2v) is 7.15. The normalized spacial score (nSPS) is 17.3. The first-order valence-corrected chi connectivity index (χ1v) is 9.32. The highest BCUT2D eigenvalue weighted by Gasteiger charge is 2.30. The summed E-state index contributed by atoms with van der Waals surface area (Å²) in [6.07, 6.45) is 1.54. The van der Waals surface area contributed by atoms with Crippen LogP contribution in [0, 0.1) is 5.92 Å². The molecule has 25 heavy (non-hydrogen) atoms. The average Bonchev–Trinajstić information content (AvgIpc) is 3.06. The van der Waals surface area contributed by atoms with E-state index in [2.05, 4.69) is 0 Å². The molecule has 0 radical (unpaired) electrons. The highest BCUT2D eigenvalue weighted by molar-refractivity contribution is 7.17. The average molecular weight is 358 g/mol. The summed E-state index contributed by atoms with van der Waals surface area (Å²) in [6.45, 7) is 3.43. The third-order valence-electron chi connectivity index (χ3n) is 4.36. The molecule has 3 rings (SSSR count). The van der Waals surface area contributed by atoms with E-state index in [0.29, 0.717) is 30.3 Å². The molecule has 1 unspecified atom stereocenters. The zero-order valence-corrected chi connectivity index (χ0v) is 15.1. The molecule has 2 N–H and O–H groups in total. The SMILES string of the molecule is CCOc1cc(-c2ccccc2)sc1C(=O)N1CCCC(C(N)=O)C1. The molecule has 1 aliphatic rings. The number of primary amides is 1. The van der Waals surface area contributed by atoms with Crippen molar-refractivity contribution in [2.45, 2.75) is 19.8 Å². The lowest BCUT2D eigenvalue weighted by molar-refractivity contribution is -0.123. The van der Waals surface area contributed by atoms with Gasteiger partial charge in [0.2, 0.25) is 5.91 Å². The Morgan fingerprint density at radius 1 is 1.32 bits per heavy atom. The van der Waals surface area contributed by atoms with Gasteiger partial charge in [0, 0.05) is 18.0 Å². The first-order valence-electron chi connectivity index (χ1n) is 8.50. The maximum absolute atomic E-state index is 13.0. The molecule has 1 aliphatic heterocycles. The van der Waals surface area contributed by atoms with Gasteiger partial charge in [0.05, 0.1) is 12.5 Å². The summed E-state index contributed by atoms with van der Waals surface area (Å²) in [4.78, 5) is 27.8. The van der Waals surface area contributed by atoms with E-state index < -0.39 is 0 Å². The Bertz CT molecular complexity index is 757. The Balaban J connectivity index is 1.88. The van der Waals surface area contributed by atoms with Crippen LogP contribution in [0.2, 0.25) is 0 Å². The standard InChI is InChI=1S/C19H22N2O3S/c1-2-24-15-11-16(13-7-4-3-5-8-13)25-17(15)19(23)21-10-6-9-14(12-21)18(20)22/h3-5,7-8,11,14H,2,6,9-10,12H2,1H3,(H2,20,22). The first kappa shape index (κ1) is 17.5. The Morgan fingerprint density at radius 3 is 2.76 bits per heavy atom. The predicted molar refractivity (Wildman–Crippen MR) is 98.7 cm³/mol. The monoisotopic (exact) mass is 358 g/mol. The lowest BCUT2D eigenvalue weighted by atomic mass is 9.97. The molecule has 1 aromatic carbocycles. The Morgan fingerprint density at radius 2 is 2.08 bits per heavy atom. The summed E-state index contributed by atoms with van der Waals surface area (Å²) in [5.74, 6) is -0.0698. The van der Waals surface area contributed by atoms with Crippen molar-refractivity contribution in [3.05, 3.63) is 41.3 Å². The molecule has 2 heterocycles. The second-order valence-electron chi connectivity index (χ2n) is 6.10. The summed E-state index contributed by atoms with van der Waals surface area (Å²) in [5, 5.41) is 0. The van der Waals surface area contributed by atoms with Crippen LogP contribution in [0.3, 0.4) is 0 Å². The fraction of sp³-hybridized carbons (Fsp3) is 0.368. The van der Waals surface area contributed by atoms with E-state index in [1.165, 1.54) is 11.3 Å². The van der Waals surface area contributed by atoms with Crippen molar-refractivity contribution in [3.8, 4) is 16.2 Å². The Hall–Kier alpha value is -2.34. The number of carbonyl (C=O) groups is 2. The van der Waals surface area contributed by atoms with Gasteiger partial charge in [-0.05, 0) is 31.4 Å². The van der Waals surface area contributed by atoms with Crippen LogP contribution in [0.15, 0.2) is 36.4 Å². The summed E-state index contributed by atoms with van der Waals surface area (Å²) in [6, 6.07) is 11.9. The van der Waals surface area contributed by atoms with E-state index >= 15 is 0 Å². The quantitative estimate of drug-likeness (QED) is 0.892. The third kappa shape index (κ3) is 3.85. The van der Waals surface area contributed by atoms with Gasteiger partial charge in [0.25, 0.3) is 5.91 Å². The van der Waals surface area contributed by atoms with Gasteiger partial charge < -0.3 is 15.4 Å². The van der Waals surface area contributed by atoms with Gasteiger partial charge in [0.1, 0.15) is 10.6 Å². The van der Waals surface area contributed by atoms with E-state index in [0.717, 1.165) is 23.3 Å². The number of amides is 2. The Labute approximate surface area is 151 Å². The molecule has 0 saturated carbocycles. The molecule has 132 valence electrons. The lowest BCUT2D eigenvalue weighted by Gasteiger charge is -2.31. The summed E-state index contributed by atoms with van der Waals surface area (Å²) in [5.41, 5.74) is 6.48. The van der Waals surface area contributed by atoms with Gasteiger partial charge in [0.15, 0.2) is 0 Å². The number of piperidine rings is 1. The van der Waals surface area contributed by atoms with E-state index in [9.17, 15) is 9.59 Å². The predicted octanol–water partition coefficient (Wildman–Crippen LogP) is 3.15. The van der Waals surface area contributed by atoms with E-state index in [4.69, 9.17) is 10.5 Å². The molecule has 2 aromatic rings. The number of rotatable bonds is 5. The number of thiophene rings is 1. The largest absolute Gasteiger partial charge is 0.492 e. The number of nitrogens with zero attached hydrogens (tertiary/aromatic N) is 1. The minimum atomic E-state index is -0.335. The maximum Gasteiger partial charge on any atom is 0.267 e. The summed E-state index contributed by atoms with van der Waals surface area (Å²) < 4.78 is 5.70. The summed E-state index contributed by atoms with van der Waals surface area (Å²) in [7, 11) is 0. The van der Waals surface area contributed by atoms with Gasteiger partial charge in [-0.25, -0.2) is 0 Å². The van der Waals surface area contributed by atoms with Crippen molar-refractivity contribution in [1.29, 1.82) is 0 Å². The molecule has 0 aliphatic carbocycles. The van der Waals surface area contributed by atoms with Gasteiger partial charge in [-0.3, -0.25) is 9.59 Å². The van der Waals surface area contributed by atoms with Crippen LogP contribution in [-0.2, 0) is 4.79 Å². The smallest absolute Gasteiger partial charge is 0.267 e. The fourth-order valence-corrected chi connectivity index (χ4v) is 4.14. The molecule has 0 spiro atoms. The lowest BCUT2D eigenvalue weighted by Crippen LogP contribution is -2.44. The molecular weight excluding hydrogens is 336 g/mol. The fourth-order valence-electron chi connectivity index (χ4n) is 3.07. The van der Waals surface area contributed by atoms with Crippen molar-refractivity contribution in [2.24, 2.45) is 11.7 Å². The number of hydrogen-bond donors (Lipinski definition) is 1. The number of likely N-dealkylation sites (tertiary alicyclic amines) is 1. The van der Waals surface area contributed by atoms with Crippen molar-refractivity contribution >= 4 is 23.2 Å². The zero-order chi connectivity index (χ0) is 17.8. The Kier molecular flexibility index (Phi) is 5.38. The second kappa shape index (κ2) is 7.70. The van der Waals surface area contributed by atoms with Crippen molar-refractivity contribution < 1.29 is 14.3 Å². The van der Waals surface area contributed by atoms with Crippen LogP contribution in [-0.4, -0.2) is 36.4 Å². The van der Waals surface area contributed by atoms with Crippen LogP contribution in [0.1, 0.15) is 29.4 Å². The highest BCUT2D eigenvalue weighted by atomic mass is 32.1. The number of benzene rings is 1. The van der Waals surface area contributed by atoms with Gasteiger partial charge in [-0.2, -0.15) is 0 Å². The topological polar surface area (TPSA) is 72.6 Å². The molecule has 6 heteroatoms. The molecule has 5 nitrogen and oxygen atoms in total. The van der Waals surface area contributed by atoms with Crippen molar-refractivity contribution in [3.63, 3.8) is 0 Å². The molecule has 1 atom stereocenters. The molecule has 0 bridgehead atoms. The zero-order valence-electron chi connectivity index (χ0n) is 14.2. The number of nitrogens with two attached hydrogens (primary N) is 1. The summed E-state index contributed by atoms with van der Waals surface area (Å²) >= 11 is 1.43. The highest BCUT2D eigenvalue weighted by Crippen LogP contribution is 2.37. The van der Waals surface area contributed by atoms with Crippen molar-refractivity contribution in [1.82, 2.24) is 4.90 Å². The number of carbonyl (C=O) groups excluding carboxylic acids is 2. The van der Waals surface area contributed by atoms with Crippen LogP contribution < -0.4 is 10.5 Å². The van der Waals surface area contributed by atoms with Crippen LogP contribution in [0.4, 0.5) is 0 Å². The van der Waals surface area contributed by atoms with Gasteiger partial charge in [-0.1, -0.05) is 30.3 Å². The van der Waals surface area contributed by atoms with E-state index in [1.807, 2.05) is 43.3 Å². The molecule has 1 aromatic heterocycles.